The Kier molecular flexibility index (Phi) is 6.62. The lowest BCUT2D eigenvalue weighted by molar-refractivity contribution is -0.137. The molecule has 0 bridgehead atoms. The molecule has 2 aromatic carbocycles. The van der Waals surface area contributed by atoms with E-state index in [4.69, 9.17) is 17.5 Å². The van der Waals surface area contributed by atoms with Crippen molar-refractivity contribution >= 4 is 46.6 Å². The highest BCUT2D eigenvalue weighted by Crippen LogP contribution is 2.48. The fourth-order valence-electron chi connectivity index (χ4n) is 4.42. The molecule has 2 aromatic rings. The summed E-state index contributed by atoms with van der Waals surface area (Å²) in [5.74, 6) is -0.393. The van der Waals surface area contributed by atoms with Crippen LogP contribution in [0.4, 0.5) is 24.5 Å². The van der Waals surface area contributed by atoms with Crippen LogP contribution < -0.4 is 9.80 Å². The molecule has 1 saturated carbocycles. The van der Waals surface area contributed by atoms with E-state index in [-0.39, 0.29) is 29.0 Å². The molecule has 1 heterocycles. The number of nitrogens with zero attached hydrogens (tertiary/aromatic N) is 4. The Balaban J connectivity index is 1.65. The molecule has 2 aliphatic rings. The molecule has 1 saturated heterocycles. The van der Waals surface area contributed by atoms with Crippen molar-refractivity contribution in [2.45, 2.75) is 37.4 Å². The van der Waals surface area contributed by atoms with Gasteiger partial charge in [-0.25, -0.2) is 0 Å². The molecule has 36 heavy (non-hydrogen) atoms. The van der Waals surface area contributed by atoms with Crippen molar-refractivity contribution in [3.8, 4) is 6.07 Å². The minimum atomic E-state index is -4.75. The Hall–Kier alpha value is -3.71. The lowest BCUT2D eigenvalue weighted by atomic mass is 9.75. The van der Waals surface area contributed by atoms with Crippen LogP contribution >= 0.6 is 12.2 Å². The highest BCUT2D eigenvalue weighted by atomic mass is 32.1. The summed E-state index contributed by atoms with van der Waals surface area (Å²) in [5.41, 5.74) is -1.09. The van der Waals surface area contributed by atoms with Gasteiger partial charge < -0.3 is 9.80 Å². The normalized spacial score (nSPS) is 17.0. The van der Waals surface area contributed by atoms with Crippen LogP contribution in [0.2, 0.25) is 0 Å². The molecule has 0 radical (unpaired) electrons. The van der Waals surface area contributed by atoms with Crippen LogP contribution in [-0.4, -0.2) is 41.5 Å². The quantitative estimate of drug-likeness (QED) is 0.520. The smallest absolute Gasteiger partial charge is 0.349 e. The van der Waals surface area contributed by atoms with Gasteiger partial charge in [0.15, 0.2) is 5.11 Å². The van der Waals surface area contributed by atoms with Gasteiger partial charge in [0.2, 0.25) is 5.91 Å². The minimum Gasteiger partial charge on any atom is -0.349 e. The number of anilines is 2. The van der Waals surface area contributed by atoms with Gasteiger partial charge in [0.25, 0.3) is 5.91 Å². The maximum atomic E-state index is 13.6. The van der Waals surface area contributed by atoms with E-state index < -0.39 is 22.8 Å². The average Bonchev–Trinajstić information content (AvgIpc) is 3.05. The van der Waals surface area contributed by atoms with Gasteiger partial charge in [-0.2, -0.15) is 18.4 Å². The van der Waals surface area contributed by atoms with Gasteiger partial charge >= 0.3 is 6.18 Å². The third-order valence-corrected chi connectivity index (χ3v) is 6.90. The number of benzene rings is 2. The van der Waals surface area contributed by atoms with Gasteiger partial charge in [-0.3, -0.25) is 14.5 Å². The molecule has 6 nitrogen and oxygen atoms in total. The molecular weight excluding hydrogens is 489 g/mol. The zero-order valence-corrected chi connectivity index (χ0v) is 20.5. The lowest BCUT2D eigenvalue weighted by Crippen LogP contribution is -2.55. The van der Waals surface area contributed by atoms with Gasteiger partial charge in [0.05, 0.1) is 22.9 Å². The monoisotopic (exact) mass is 512 g/mol. The molecule has 1 aliphatic carbocycles. The van der Waals surface area contributed by atoms with Crippen molar-refractivity contribution in [3.63, 3.8) is 0 Å². The summed E-state index contributed by atoms with van der Waals surface area (Å²) < 4.78 is 40.7. The number of nitriles is 1. The Morgan fingerprint density at radius 3 is 2.33 bits per heavy atom. The number of hydrogen-bond acceptors (Lipinski definition) is 4. The summed E-state index contributed by atoms with van der Waals surface area (Å²) in [4.78, 5) is 29.7. The van der Waals surface area contributed by atoms with Crippen molar-refractivity contribution in [1.82, 2.24) is 4.90 Å². The van der Waals surface area contributed by atoms with Gasteiger partial charge in [-0.05, 0) is 67.4 Å². The van der Waals surface area contributed by atoms with Gasteiger partial charge in [0, 0.05) is 26.2 Å². The van der Waals surface area contributed by atoms with E-state index in [9.17, 15) is 22.8 Å². The molecule has 2 fully saturated rings. The fourth-order valence-corrected chi connectivity index (χ4v) is 4.89. The van der Waals surface area contributed by atoms with Crippen LogP contribution in [0.25, 0.3) is 6.08 Å². The SMILES string of the molecule is CN(C)C(=O)C/C=C/c1ccc(N2C(=S)N(c3ccc(C#N)c(C(F)(F)F)c3)C(=O)C23CCC3)cc1. The fraction of sp³-hybridized carbons (Fsp3) is 0.308. The van der Waals surface area contributed by atoms with E-state index in [2.05, 4.69) is 0 Å². The highest BCUT2D eigenvalue weighted by molar-refractivity contribution is 7.81. The van der Waals surface area contributed by atoms with Crippen molar-refractivity contribution in [3.05, 3.63) is 65.2 Å². The van der Waals surface area contributed by atoms with Gasteiger partial charge in [-0.1, -0.05) is 24.3 Å². The second-order valence-electron chi connectivity index (χ2n) is 8.97. The average molecular weight is 513 g/mol. The Bertz CT molecular complexity index is 1290. The zero-order valence-electron chi connectivity index (χ0n) is 19.7. The Morgan fingerprint density at radius 1 is 1.17 bits per heavy atom. The minimum absolute atomic E-state index is 0.0183. The predicted molar refractivity (Wildman–Crippen MR) is 134 cm³/mol. The summed E-state index contributed by atoms with van der Waals surface area (Å²) in [5, 5.41) is 9.20. The van der Waals surface area contributed by atoms with Crippen LogP contribution in [-0.2, 0) is 15.8 Å². The van der Waals surface area contributed by atoms with Crippen LogP contribution in [0.15, 0.2) is 48.5 Å². The van der Waals surface area contributed by atoms with E-state index in [0.717, 1.165) is 29.0 Å². The third kappa shape index (κ3) is 4.35. The summed E-state index contributed by atoms with van der Waals surface area (Å²) in [7, 11) is 3.37. The number of halogens is 3. The van der Waals surface area contributed by atoms with E-state index in [1.165, 1.54) is 11.0 Å². The highest BCUT2D eigenvalue weighted by Gasteiger charge is 2.59. The molecular formula is C26H23F3N4O2S. The van der Waals surface area contributed by atoms with Crippen LogP contribution in [0.5, 0.6) is 0 Å². The summed E-state index contributed by atoms with van der Waals surface area (Å²) in [6.07, 6.45) is 0.944. The first-order chi connectivity index (χ1) is 17.0. The predicted octanol–water partition coefficient (Wildman–Crippen LogP) is 5.13. The van der Waals surface area contributed by atoms with Gasteiger partial charge in [-0.15, -0.1) is 0 Å². The molecule has 0 aromatic heterocycles. The summed E-state index contributed by atoms with van der Waals surface area (Å²) in [6, 6.07) is 12.0. The zero-order chi connectivity index (χ0) is 26.3. The van der Waals surface area contributed by atoms with E-state index in [0.29, 0.717) is 18.5 Å². The van der Waals surface area contributed by atoms with Crippen molar-refractivity contribution < 1.29 is 22.8 Å². The molecule has 2 amide bonds. The van der Waals surface area contributed by atoms with Crippen molar-refractivity contribution in [1.29, 1.82) is 5.26 Å². The summed E-state index contributed by atoms with van der Waals surface area (Å²) >= 11 is 5.63. The van der Waals surface area contributed by atoms with Crippen LogP contribution in [0.3, 0.4) is 0 Å². The number of thiocarbonyl (C=S) groups is 1. The number of carbonyl (C=O) groups is 2. The second-order valence-corrected chi connectivity index (χ2v) is 9.33. The lowest BCUT2D eigenvalue weighted by Gasteiger charge is -2.43. The Labute approximate surface area is 212 Å². The molecule has 186 valence electrons. The number of hydrogen-bond donors (Lipinski definition) is 0. The molecule has 4 rings (SSSR count). The van der Waals surface area contributed by atoms with E-state index in [1.807, 2.05) is 18.2 Å². The van der Waals surface area contributed by atoms with Crippen LogP contribution in [0, 0.1) is 11.3 Å². The Morgan fingerprint density at radius 2 is 1.81 bits per heavy atom. The molecule has 0 N–H and O–H groups in total. The van der Waals surface area contributed by atoms with Gasteiger partial charge in [0.1, 0.15) is 5.54 Å². The van der Waals surface area contributed by atoms with E-state index in [1.54, 1.807) is 43.3 Å². The van der Waals surface area contributed by atoms with Crippen molar-refractivity contribution in [2.75, 3.05) is 23.9 Å². The molecule has 0 atom stereocenters. The first-order valence-electron chi connectivity index (χ1n) is 11.3. The molecule has 1 spiro atoms. The molecule has 1 aliphatic heterocycles. The number of rotatable bonds is 5. The first-order valence-corrected chi connectivity index (χ1v) is 11.7. The molecule has 0 unspecified atom stereocenters. The number of amides is 2. The summed E-state index contributed by atoms with van der Waals surface area (Å²) in [6.45, 7) is 0. The third-order valence-electron chi connectivity index (χ3n) is 6.53. The number of carbonyl (C=O) groups excluding carboxylic acids is 2. The second kappa shape index (κ2) is 9.39. The maximum absolute atomic E-state index is 13.6. The number of alkyl halides is 3. The topological polar surface area (TPSA) is 67.7 Å². The molecule has 10 heteroatoms. The van der Waals surface area contributed by atoms with Crippen molar-refractivity contribution in [2.24, 2.45) is 0 Å². The maximum Gasteiger partial charge on any atom is 0.417 e. The standard InChI is InChI=1S/C26H23F3N4O2S/c1-31(2)22(34)6-3-5-17-7-10-19(11-8-17)33-24(36)32(23(35)25(33)13-4-14-25)20-12-9-18(16-30)21(15-20)26(27,28)29/h3,5,7-12,15H,4,6,13-14H2,1-2H3/b5-3+. The first kappa shape index (κ1) is 25.4. The largest absolute Gasteiger partial charge is 0.417 e. The van der Waals surface area contributed by atoms with E-state index >= 15 is 0 Å². The van der Waals surface area contributed by atoms with Crippen LogP contribution in [0.1, 0.15) is 42.4 Å².